The summed E-state index contributed by atoms with van der Waals surface area (Å²) in [5, 5.41) is 0. The summed E-state index contributed by atoms with van der Waals surface area (Å²) >= 11 is -0.826. The van der Waals surface area contributed by atoms with Crippen molar-refractivity contribution < 1.29 is 24.7 Å². The third-order valence-electron chi connectivity index (χ3n) is 3.71. The molecular weight excluding hydrogens is 435 g/mol. The van der Waals surface area contributed by atoms with Gasteiger partial charge in [0.1, 0.15) is 6.51 Å². The number of rotatable bonds is 4. The van der Waals surface area contributed by atoms with Crippen LogP contribution in [0.25, 0.3) is 0 Å². The van der Waals surface area contributed by atoms with Crippen LogP contribution in [-0.2, 0) is 20.8 Å². The second-order valence-corrected chi connectivity index (χ2v) is 21.4. The number of hydrogen-bond donors (Lipinski definition) is 0. The first-order valence-corrected chi connectivity index (χ1v) is 21.0. The van der Waals surface area contributed by atoms with Gasteiger partial charge in [-0.15, -0.1) is 11.6 Å². The SMILES string of the molecule is C[Si](C)(C)[N+](=[B-]([C]1[CH][CH][CH][CH]1)[C]1[CH][CH][CH][CH]1)[Si](C)(C)C.[Cl][Zr+2][Cl]. The van der Waals surface area contributed by atoms with Gasteiger partial charge in [-0.1, -0.05) is 25.7 Å². The van der Waals surface area contributed by atoms with Crippen LogP contribution in [0.5, 0.6) is 0 Å². The van der Waals surface area contributed by atoms with Gasteiger partial charge in [0.2, 0.25) is 0 Å². The van der Waals surface area contributed by atoms with E-state index in [9.17, 15) is 0 Å². The third kappa shape index (κ3) is 7.12. The van der Waals surface area contributed by atoms with Crippen LogP contribution < -0.4 is 0 Å². The summed E-state index contributed by atoms with van der Waals surface area (Å²) in [6.45, 7) is 15.3. The maximum absolute atomic E-state index is 4.93. The van der Waals surface area contributed by atoms with E-state index in [1.165, 1.54) is 11.6 Å². The summed E-state index contributed by atoms with van der Waals surface area (Å²) in [6, 6.07) is 0. The van der Waals surface area contributed by atoms with Gasteiger partial charge in [0.05, 0.1) is 0 Å². The Morgan fingerprint density at radius 2 is 1.00 bits per heavy atom. The second-order valence-electron chi connectivity index (χ2n) is 7.62. The normalized spacial score (nSPS) is 20.0. The fourth-order valence-corrected chi connectivity index (χ4v) is 13.6. The zero-order valence-corrected chi connectivity index (χ0v) is 20.9. The van der Waals surface area contributed by atoms with Crippen molar-refractivity contribution in [2.24, 2.45) is 0 Å². The molecule has 1 nitrogen and oxygen atoms in total. The molecule has 0 heterocycles. The van der Waals surface area contributed by atoms with Gasteiger partial charge >= 0.3 is 37.9 Å². The number of hydrogen-bond acceptors (Lipinski definition) is 0. The van der Waals surface area contributed by atoms with Crippen LogP contribution in [0.15, 0.2) is 0 Å². The van der Waals surface area contributed by atoms with E-state index in [1.54, 1.807) is 0 Å². The summed E-state index contributed by atoms with van der Waals surface area (Å²) in [4.78, 5) is 0. The molecule has 0 N–H and O–H groups in total. The Kier molecular flexibility index (Phi) is 10.1. The van der Waals surface area contributed by atoms with Crippen LogP contribution in [0.3, 0.4) is 0 Å². The van der Waals surface area contributed by atoms with Gasteiger partial charge in [-0.2, -0.15) is 0 Å². The Balaban J connectivity index is 0.000000816. The molecule has 2 aliphatic rings. The monoisotopic (exact) mass is 459 g/mol. The number of halogens is 2. The minimum atomic E-state index is -1.40. The zero-order valence-electron chi connectivity index (χ0n) is 14.9. The van der Waals surface area contributed by atoms with Crippen LogP contribution in [0, 0.1) is 63.0 Å². The van der Waals surface area contributed by atoms with Crippen molar-refractivity contribution in [2.45, 2.75) is 39.3 Å². The quantitative estimate of drug-likeness (QED) is 0.507. The molecule has 2 saturated carbocycles. The van der Waals surface area contributed by atoms with E-state index in [2.05, 4.69) is 94.5 Å². The van der Waals surface area contributed by atoms with E-state index in [4.69, 9.17) is 17.0 Å². The van der Waals surface area contributed by atoms with Gasteiger partial charge in [0, 0.05) is 0 Å². The molecule has 0 aliphatic heterocycles. The molecule has 10 radical (unpaired) electrons. The predicted octanol–water partition coefficient (Wildman–Crippen LogP) is 5.19. The molecule has 122 valence electrons. The van der Waals surface area contributed by atoms with Gasteiger partial charge < -0.3 is 3.81 Å². The molecule has 7 heteroatoms. The summed E-state index contributed by atoms with van der Waals surface area (Å²) < 4.78 is 2.89. The summed E-state index contributed by atoms with van der Waals surface area (Å²) in [7, 11) is 7.06. The standard InChI is InChI=1S/C16H26BNSi2.2ClH.Zr/c1-19(2,3)18(20(4,5)6)17(15-11-7-8-12-15)16-13-9-10-14-16;;;/h7-14H,1-6H3;2*1H;/q;;;+4/p-2. The molecule has 0 aromatic rings. The Labute approximate surface area is 165 Å². The number of nitrogens with zero attached hydrogens (tertiary/aromatic N) is 1. The fraction of sp³-hybridized carbons (Fsp3) is 0.375. The van der Waals surface area contributed by atoms with Gasteiger partial charge in [0.15, 0.2) is 0 Å². The van der Waals surface area contributed by atoms with Crippen LogP contribution in [-0.4, -0.2) is 26.8 Å². The molecule has 0 saturated heterocycles. The van der Waals surface area contributed by atoms with Crippen molar-refractivity contribution >= 4 is 40.0 Å². The molecule has 2 rings (SSSR count). The zero-order chi connectivity index (χ0) is 17.7. The van der Waals surface area contributed by atoms with E-state index < -0.39 is 37.3 Å². The van der Waals surface area contributed by atoms with E-state index in [1.807, 2.05) is 0 Å². The Bertz CT molecular complexity index is 362. The average molecular weight is 462 g/mol. The fourth-order valence-electron chi connectivity index (χ4n) is 3.41. The molecule has 0 amide bonds. The molecule has 0 bridgehead atoms. The minimum absolute atomic E-state index is 0.429. The van der Waals surface area contributed by atoms with Gasteiger partial charge in [0.25, 0.3) is 16.5 Å². The Hall–Kier alpha value is 1.76. The molecule has 0 aromatic heterocycles. The van der Waals surface area contributed by atoms with E-state index in [-0.39, 0.29) is 0 Å². The summed E-state index contributed by atoms with van der Waals surface area (Å²) in [6.07, 6.45) is 17.8. The van der Waals surface area contributed by atoms with E-state index >= 15 is 0 Å². The molecular formula is C16H26BCl2NSi2Zr+2. The average Bonchev–Trinajstić information content (AvgIpc) is 3.07. The topological polar surface area (TPSA) is 3.01 Å². The van der Waals surface area contributed by atoms with Crippen LogP contribution in [0.1, 0.15) is 0 Å². The molecule has 0 aromatic carbocycles. The second kappa shape index (κ2) is 10.2. The van der Waals surface area contributed by atoms with Crippen molar-refractivity contribution in [3.8, 4) is 0 Å². The Morgan fingerprint density at radius 1 is 0.739 bits per heavy atom. The van der Waals surface area contributed by atoms with Crippen molar-refractivity contribution in [2.75, 3.05) is 0 Å². The van der Waals surface area contributed by atoms with E-state index in [0.717, 1.165) is 0 Å². The first-order valence-electron chi connectivity index (χ1n) is 7.82. The van der Waals surface area contributed by atoms with Crippen molar-refractivity contribution in [3.63, 3.8) is 0 Å². The molecule has 0 unspecified atom stereocenters. The molecule has 0 atom stereocenters. The first-order chi connectivity index (χ1) is 10.6. The van der Waals surface area contributed by atoms with Gasteiger partial charge in [-0.3, -0.25) is 0 Å². The molecule has 2 aliphatic carbocycles. The summed E-state index contributed by atoms with van der Waals surface area (Å²) in [5.41, 5.74) is 0. The van der Waals surface area contributed by atoms with Crippen LogP contribution >= 0.6 is 17.0 Å². The van der Waals surface area contributed by atoms with Crippen molar-refractivity contribution in [1.29, 1.82) is 0 Å². The summed E-state index contributed by atoms with van der Waals surface area (Å²) in [5.74, 6) is 2.89. The third-order valence-corrected chi connectivity index (χ3v) is 11.1. The van der Waals surface area contributed by atoms with Gasteiger partial charge in [-0.25, -0.2) is 0 Å². The first kappa shape index (κ1) is 22.8. The van der Waals surface area contributed by atoms with Crippen molar-refractivity contribution in [3.05, 3.63) is 63.0 Å². The Morgan fingerprint density at radius 3 is 1.22 bits per heavy atom. The molecule has 0 spiro atoms. The van der Waals surface area contributed by atoms with Crippen molar-refractivity contribution in [1.82, 2.24) is 0 Å². The molecule has 23 heavy (non-hydrogen) atoms. The molecule has 2 fully saturated rings. The van der Waals surface area contributed by atoms with E-state index in [0.29, 0.717) is 6.51 Å². The van der Waals surface area contributed by atoms with Crippen LogP contribution in [0.4, 0.5) is 0 Å². The predicted molar refractivity (Wildman–Crippen MR) is 105 cm³/mol. The maximum atomic E-state index is 4.93. The van der Waals surface area contributed by atoms with Gasteiger partial charge in [-0.05, 0) is 65.0 Å². The van der Waals surface area contributed by atoms with Crippen LogP contribution in [0.2, 0.25) is 39.3 Å².